The molecule has 1 aromatic rings. The van der Waals surface area contributed by atoms with Gasteiger partial charge >= 0.3 is 11.7 Å². The van der Waals surface area contributed by atoms with Crippen LogP contribution in [-0.4, -0.2) is 29.1 Å². The normalized spacial score (nSPS) is 23.2. The molecule has 0 saturated heterocycles. The predicted octanol–water partition coefficient (Wildman–Crippen LogP) is 0.741. The Kier molecular flexibility index (Phi) is 2.28. The maximum absolute atomic E-state index is 11.3. The van der Waals surface area contributed by atoms with E-state index >= 15 is 0 Å². The highest BCUT2D eigenvalue weighted by Crippen LogP contribution is 2.31. The van der Waals surface area contributed by atoms with Crippen LogP contribution in [-0.2, 0) is 9.53 Å². The van der Waals surface area contributed by atoms with Crippen LogP contribution >= 0.6 is 0 Å². The molecule has 4 heteroatoms. The van der Waals surface area contributed by atoms with E-state index in [1.54, 1.807) is 19.1 Å². The Hall–Kier alpha value is -1.68. The van der Waals surface area contributed by atoms with Crippen LogP contribution in [0.1, 0.15) is 12.5 Å². The van der Waals surface area contributed by atoms with Crippen LogP contribution in [0.3, 0.4) is 0 Å². The van der Waals surface area contributed by atoms with Crippen LogP contribution in [0, 0.1) is 0 Å². The van der Waals surface area contributed by atoms with E-state index < -0.39 is 11.7 Å². The Morgan fingerprint density at radius 3 is 2.73 bits per heavy atom. The van der Waals surface area contributed by atoms with Crippen molar-refractivity contribution in [2.75, 3.05) is 6.61 Å². The third-order valence-corrected chi connectivity index (χ3v) is 2.16. The summed E-state index contributed by atoms with van der Waals surface area (Å²) in [6.07, 6.45) is 0. The Morgan fingerprint density at radius 2 is 2.13 bits per heavy atom. The van der Waals surface area contributed by atoms with Gasteiger partial charge in [-0.3, -0.25) is 0 Å². The summed E-state index contributed by atoms with van der Waals surface area (Å²) in [7, 11) is 0. The van der Waals surface area contributed by atoms with Crippen LogP contribution in [0.2, 0.25) is 0 Å². The second-order valence-corrected chi connectivity index (χ2v) is 3.22. The molecule has 0 saturated carbocycles. The Bertz CT molecular complexity index is 413. The molecule has 2 rings (SSSR count). The predicted molar refractivity (Wildman–Crippen MR) is 54.6 cm³/mol. The highest BCUT2D eigenvalue weighted by molar-refractivity contribution is 6.27. The summed E-state index contributed by atoms with van der Waals surface area (Å²) in [5.74, 6) is -0.705. The van der Waals surface area contributed by atoms with E-state index in [2.05, 4.69) is 4.99 Å². The first-order valence-corrected chi connectivity index (χ1v) is 4.74. The van der Waals surface area contributed by atoms with Crippen LogP contribution in [0.15, 0.2) is 35.3 Å². The summed E-state index contributed by atoms with van der Waals surface area (Å²) < 4.78 is 4.72. The van der Waals surface area contributed by atoms with Gasteiger partial charge in [-0.05, 0) is 6.92 Å². The average molecular weight is 205 g/mol. The average Bonchev–Trinajstić information content (AvgIpc) is 2.94. The molecule has 0 radical (unpaired) electrons. The van der Waals surface area contributed by atoms with Gasteiger partial charge < -0.3 is 9.84 Å². The van der Waals surface area contributed by atoms with Crippen molar-refractivity contribution in [3.8, 4) is 0 Å². The summed E-state index contributed by atoms with van der Waals surface area (Å²) in [6.45, 7) is 1.92. The third kappa shape index (κ3) is 1.64. The molecule has 0 aromatic heterocycles. The van der Waals surface area contributed by atoms with Gasteiger partial charge in [0.2, 0.25) is 0 Å². The Labute approximate surface area is 87.2 Å². The maximum atomic E-state index is 11.3. The first kappa shape index (κ1) is 9.86. The van der Waals surface area contributed by atoms with Crippen LogP contribution in [0.4, 0.5) is 0 Å². The zero-order chi connectivity index (χ0) is 10.9. The number of hydrogen-bond donors (Lipinski definition) is 1. The van der Waals surface area contributed by atoms with Crippen molar-refractivity contribution in [2.24, 2.45) is 4.99 Å². The lowest BCUT2D eigenvalue weighted by atomic mass is 10.1. The van der Waals surface area contributed by atoms with Gasteiger partial charge in [-0.25, -0.2) is 9.79 Å². The Balaban J connectivity index is 2.12. The monoisotopic (exact) mass is 205 g/mol. The summed E-state index contributed by atoms with van der Waals surface area (Å²) in [6, 6.07) is 9.07. The molecule has 0 bridgehead atoms. The minimum Gasteiger partial charge on any atom is -0.462 e. The van der Waals surface area contributed by atoms with Gasteiger partial charge in [0.05, 0.1) is 6.61 Å². The molecule has 1 aliphatic heterocycles. The summed E-state index contributed by atoms with van der Waals surface area (Å²) in [5.41, 5.74) is -0.619. The molecule has 0 aliphatic carbocycles. The molecule has 1 N–H and O–H groups in total. The molecular formula is C11H11NO3. The number of benzene rings is 1. The van der Waals surface area contributed by atoms with E-state index in [0.717, 1.165) is 5.56 Å². The number of rotatable bonds is 3. The molecule has 1 aromatic carbocycles. The van der Waals surface area contributed by atoms with Crippen molar-refractivity contribution in [1.29, 1.82) is 0 Å². The summed E-state index contributed by atoms with van der Waals surface area (Å²) >= 11 is 0. The van der Waals surface area contributed by atoms with Crippen molar-refractivity contribution in [3.05, 3.63) is 35.9 Å². The van der Waals surface area contributed by atoms with E-state index in [0.29, 0.717) is 5.71 Å². The lowest BCUT2D eigenvalue weighted by Gasteiger charge is -2.06. The molecule has 78 valence electrons. The third-order valence-electron chi connectivity index (χ3n) is 2.16. The maximum Gasteiger partial charge on any atom is 0.368 e. The first-order chi connectivity index (χ1) is 7.18. The van der Waals surface area contributed by atoms with Crippen molar-refractivity contribution in [1.82, 2.24) is 0 Å². The van der Waals surface area contributed by atoms with Gasteiger partial charge in [-0.15, -0.1) is 0 Å². The highest BCUT2D eigenvalue weighted by Gasteiger charge is 2.54. The van der Waals surface area contributed by atoms with E-state index in [1.165, 1.54) is 0 Å². The molecule has 1 unspecified atom stereocenters. The number of aliphatic hydroxyl groups is 1. The fraction of sp³-hybridized carbons (Fsp3) is 0.273. The van der Waals surface area contributed by atoms with E-state index in [-0.39, 0.29) is 6.61 Å². The zero-order valence-corrected chi connectivity index (χ0v) is 8.30. The summed E-state index contributed by atoms with van der Waals surface area (Å²) in [5, 5.41) is 9.76. The van der Waals surface area contributed by atoms with Crippen molar-refractivity contribution in [3.63, 3.8) is 0 Å². The number of aliphatic imine (C=N–C) groups is 1. The SMILES string of the molecule is CCOC(=O)C1(O)N=C1c1ccccc1. The quantitative estimate of drug-likeness (QED) is 0.740. The van der Waals surface area contributed by atoms with Gasteiger partial charge in [0.15, 0.2) is 0 Å². The minimum absolute atomic E-state index is 0.235. The van der Waals surface area contributed by atoms with Crippen molar-refractivity contribution in [2.45, 2.75) is 12.6 Å². The van der Waals surface area contributed by atoms with E-state index in [4.69, 9.17) is 4.74 Å². The van der Waals surface area contributed by atoms with Gasteiger partial charge in [0, 0.05) is 5.56 Å². The lowest BCUT2D eigenvalue weighted by molar-refractivity contribution is -0.154. The van der Waals surface area contributed by atoms with Crippen molar-refractivity contribution < 1.29 is 14.6 Å². The van der Waals surface area contributed by atoms with Gasteiger partial charge in [0.1, 0.15) is 5.71 Å². The van der Waals surface area contributed by atoms with Gasteiger partial charge in [0.25, 0.3) is 0 Å². The van der Waals surface area contributed by atoms with E-state index in [9.17, 15) is 9.90 Å². The first-order valence-electron chi connectivity index (χ1n) is 4.74. The number of hydrogen-bond acceptors (Lipinski definition) is 4. The number of carbonyl (C=O) groups is 1. The van der Waals surface area contributed by atoms with Crippen LogP contribution < -0.4 is 0 Å². The molecule has 4 nitrogen and oxygen atoms in total. The lowest BCUT2D eigenvalue weighted by Crippen LogP contribution is -2.32. The summed E-state index contributed by atoms with van der Waals surface area (Å²) in [4.78, 5) is 15.1. The van der Waals surface area contributed by atoms with Crippen molar-refractivity contribution >= 4 is 11.7 Å². The molecular weight excluding hydrogens is 194 g/mol. The Morgan fingerprint density at radius 1 is 1.47 bits per heavy atom. The molecule has 1 atom stereocenters. The van der Waals surface area contributed by atoms with Crippen LogP contribution in [0.5, 0.6) is 0 Å². The van der Waals surface area contributed by atoms with Gasteiger partial charge in [-0.1, -0.05) is 30.3 Å². The molecule has 0 fully saturated rings. The molecule has 0 amide bonds. The largest absolute Gasteiger partial charge is 0.462 e. The standard InChI is InChI=1S/C11H11NO3/c1-2-15-10(13)11(14)9(12-11)8-6-4-3-5-7-8/h3-7,14H,2H2,1H3. The zero-order valence-electron chi connectivity index (χ0n) is 8.30. The van der Waals surface area contributed by atoms with E-state index in [1.807, 2.05) is 18.2 Å². The number of ether oxygens (including phenoxy) is 1. The second kappa shape index (κ2) is 3.47. The molecule has 15 heavy (non-hydrogen) atoms. The van der Waals surface area contributed by atoms with Crippen LogP contribution in [0.25, 0.3) is 0 Å². The highest BCUT2D eigenvalue weighted by atomic mass is 16.6. The molecule has 0 spiro atoms. The molecule has 1 aliphatic rings. The number of esters is 1. The number of nitrogens with zero attached hydrogens (tertiary/aromatic N) is 1. The smallest absolute Gasteiger partial charge is 0.368 e. The fourth-order valence-corrected chi connectivity index (χ4v) is 1.37. The van der Waals surface area contributed by atoms with Gasteiger partial charge in [-0.2, -0.15) is 0 Å². The molecule has 1 heterocycles. The minimum atomic E-state index is -1.74. The fourth-order valence-electron chi connectivity index (χ4n) is 1.37. The topological polar surface area (TPSA) is 58.9 Å². The number of carbonyl (C=O) groups excluding carboxylic acids is 1. The second-order valence-electron chi connectivity index (χ2n) is 3.22.